The molecule has 3 aromatic rings. The summed E-state index contributed by atoms with van der Waals surface area (Å²) in [5.74, 6) is -0.660. The number of esters is 1. The third-order valence-electron chi connectivity index (χ3n) is 4.61. The van der Waals surface area contributed by atoms with E-state index in [1.807, 2.05) is 6.07 Å². The maximum Gasteiger partial charge on any atom is 0.340 e. The van der Waals surface area contributed by atoms with Gasteiger partial charge in [0, 0.05) is 19.7 Å². The number of aromatic nitrogens is 3. The van der Waals surface area contributed by atoms with Crippen molar-refractivity contribution >= 4 is 17.0 Å². The van der Waals surface area contributed by atoms with Gasteiger partial charge < -0.3 is 4.74 Å². The number of rotatable bonds is 4. The van der Waals surface area contributed by atoms with Gasteiger partial charge in [0.25, 0.3) is 5.56 Å². The van der Waals surface area contributed by atoms with Gasteiger partial charge in [-0.3, -0.25) is 13.9 Å². The number of fused-ring (bicyclic) bond motifs is 1. The summed E-state index contributed by atoms with van der Waals surface area (Å²) in [6.07, 6.45) is 1.44. The molecule has 2 aromatic heterocycles. The lowest BCUT2D eigenvalue weighted by atomic mass is 9.95. The van der Waals surface area contributed by atoms with Crippen LogP contribution in [0.2, 0.25) is 0 Å². The summed E-state index contributed by atoms with van der Waals surface area (Å²) in [5.41, 5.74) is 0.766. The van der Waals surface area contributed by atoms with E-state index < -0.39 is 17.2 Å². The van der Waals surface area contributed by atoms with Crippen LogP contribution in [0.4, 0.5) is 0 Å². The molecule has 0 aliphatic heterocycles. The molecular formula is C21H18N4O4. The van der Waals surface area contributed by atoms with E-state index in [2.05, 4.69) is 11.6 Å². The average molecular weight is 390 g/mol. The Kier molecular flexibility index (Phi) is 5.15. The Balaban J connectivity index is 2.53. The first-order chi connectivity index (χ1) is 13.8. The lowest BCUT2D eigenvalue weighted by Gasteiger charge is -2.16. The van der Waals surface area contributed by atoms with Crippen LogP contribution in [0.1, 0.15) is 21.6 Å². The predicted octanol–water partition coefficient (Wildman–Crippen LogP) is 1.82. The zero-order valence-electron chi connectivity index (χ0n) is 16.2. The number of carbonyl (C=O) groups is 1. The molecule has 0 amide bonds. The van der Waals surface area contributed by atoms with Gasteiger partial charge in [-0.05, 0) is 24.6 Å². The van der Waals surface area contributed by atoms with Gasteiger partial charge in [-0.15, -0.1) is 0 Å². The van der Waals surface area contributed by atoms with Gasteiger partial charge in [0.15, 0.2) is 0 Å². The van der Waals surface area contributed by atoms with E-state index >= 15 is 0 Å². The maximum absolute atomic E-state index is 13.0. The second kappa shape index (κ2) is 7.56. The van der Waals surface area contributed by atoms with E-state index in [-0.39, 0.29) is 23.2 Å². The third-order valence-corrected chi connectivity index (χ3v) is 4.61. The molecule has 3 rings (SSSR count). The summed E-state index contributed by atoms with van der Waals surface area (Å²) in [4.78, 5) is 42.5. The highest BCUT2D eigenvalue weighted by molar-refractivity contribution is 6.07. The first-order valence-corrected chi connectivity index (χ1v) is 8.70. The highest BCUT2D eigenvalue weighted by atomic mass is 16.5. The fourth-order valence-electron chi connectivity index (χ4n) is 3.16. The number of hydrogen-bond donors (Lipinski definition) is 0. The zero-order chi connectivity index (χ0) is 21.3. The largest absolute Gasteiger partial charge is 0.458 e. The van der Waals surface area contributed by atoms with E-state index in [4.69, 9.17) is 10.00 Å². The van der Waals surface area contributed by atoms with E-state index in [9.17, 15) is 14.4 Å². The molecule has 29 heavy (non-hydrogen) atoms. The predicted molar refractivity (Wildman–Crippen MR) is 108 cm³/mol. The molecule has 1 aromatic carbocycles. The van der Waals surface area contributed by atoms with Crippen LogP contribution < -0.4 is 11.2 Å². The van der Waals surface area contributed by atoms with Gasteiger partial charge in [0.05, 0.1) is 28.3 Å². The highest BCUT2D eigenvalue weighted by Crippen LogP contribution is 2.31. The molecule has 2 heterocycles. The number of nitriles is 1. The van der Waals surface area contributed by atoms with Gasteiger partial charge in [-0.2, -0.15) is 5.26 Å². The van der Waals surface area contributed by atoms with Crippen molar-refractivity contribution in [3.63, 3.8) is 0 Å². The van der Waals surface area contributed by atoms with Crippen molar-refractivity contribution in [2.75, 3.05) is 6.61 Å². The quantitative estimate of drug-likeness (QED) is 0.497. The minimum absolute atomic E-state index is 0.00555. The monoisotopic (exact) mass is 390 g/mol. The van der Waals surface area contributed by atoms with Crippen LogP contribution in [0.3, 0.4) is 0 Å². The van der Waals surface area contributed by atoms with Crippen LogP contribution in [0.15, 0.2) is 46.5 Å². The van der Waals surface area contributed by atoms with Gasteiger partial charge in [-0.25, -0.2) is 14.6 Å². The highest BCUT2D eigenvalue weighted by Gasteiger charge is 2.25. The average Bonchev–Trinajstić information content (AvgIpc) is 2.73. The Morgan fingerprint density at radius 3 is 2.48 bits per heavy atom. The fourth-order valence-corrected chi connectivity index (χ4v) is 3.16. The molecule has 0 spiro atoms. The zero-order valence-corrected chi connectivity index (χ0v) is 16.2. The van der Waals surface area contributed by atoms with E-state index in [1.54, 1.807) is 31.2 Å². The third kappa shape index (κ3) is 3.23. The molecule has 0 saturated heterocycles. The number of ether oxygens (including phenoxy) is 1. The summed E-state index contributed by atoms with van der Waals surface area (Å²) in [5, 5.41) is 9.19. The topological polar surface area (TPSA) is 107 Å². The number of hydrogen-bond acceptors (Lipinski definition) is 6. The summed E-state index contributed by atoms with van der Waals surface area (Å²) in [6, 6.07) is 8.48. The summed E-state index contributed by atoms with van der Waals surface area (Å²) < 4.78 is 7.43. The standard InChI is InChI=1S/C21H18N4O4/c1-5-10-29-20(27)15-12(2)23-18-17(19(26)25(4)21(28)24(18)3)16(15)14-8-6-13(11-22)7-9-14/h5-9H,1,10H2,2-4H3. The van der Waals surface area contributed by atoms with E-state index in [0.717, 1.165) is 4.57 Å². The number of carbonyl (C=O) groups excluding carboxylic acids is 1. The van der Waals surface area contributed by atoms with Crippen LogP contribution in [0, 0.1) is 18.3 Å². The molecule has 146 valence electrons. The Labute approximate surface area is 165 Å². The maximum atomic E-state index is 13.0. The van der Waals surface area contributed by atoms with Crippen molar-refractivity contribution in [2.45, 2.75) is 6.92 Å². The molecule has 0 N–H and O–H groups in total. The lowest BCUT2D eigenvalue weighted by molar-refractivity contribution is 0.0549. The molecule has 0 aliphatic carbocycles. The van der Waals surface area contributed by atoms with Crippen LogP contribution >= 0.6 is 0 Å². The van der Waals surface area contributed by atoms with Crippen molar-refractivity contribution < 1.29 is 9.53 Å². The second-order valence-corrected chi connectivity index (χ2v) is 6.43. The lowest BCUT2D eigenvalue weighted by Crippen LogP contribution is -2.38. The van der Waals surface area contributed by atoms with Crippen LogP contribution in [0.25, 0.3) is 22.2 Å². The Bertz CT molecular complexity index is 1310. The smallest absolute Gasteiger partial charge is 0.340 e. The molecule has 0 unspecified atom stereocenters. The molecule has 0 bridgehead atoms. The molecule has 0 saturated carbocycles. The summed E-state index contributed by atoms with van der Waals surface area (Å²) >= 11 is 0. The summed E-state index contributed by atoms with van der Waals surface area (Å²) in [7, 11) is 2.87. The van der Waals surface area contributed by atoms with E-state index in [0.29, 0.717) is 22.4 Å². The molecule has 0 radical (unpaired) electrons. The Morgan fingerprint density at radius 2 is 1.90 bits per heavy atom. The molecular weight excluding hydrogens is 372 g/mol. The fraction of sp³-hybridized carbons (Fsp3) is 0.190. The van der Waals surface area contributed by atoms with Crippen molar-refractivity contribution in [1.82, 2.24) is 14.1 Å². The Hall–Kier alpha value is -3.99. The molecule has 0 aliphatic rings. The van der Waals surface area contributed by atoms with Gasteiger partial charge in [0.1, 0.15) is 12.3 Å². The molecule has 0 atom stereocenters. The van der Waals surface area contributed by atoms with Gasteiger partial charge >= 0.3 is 11.7 Å². The minimum atomic E-state index is -0.660. The van der Waals surface area contributed by atoms with E-state index in [1.165, 1.54) is 24.7 Å². The van der Waals surface area contributed by atoms with Crippen LogP contribution in [0.5, 0.6) is 0 Å². The van der Waals surface area contributed by atoms with Gasteiger partial charge in [-0.1, -0.05) is 24.8 Å². The Morgan fingerprint density at radius 1 is 1.24 bits per heavy atom. The number of benzene rings is 1. The minimum Gasteiger partial charge on any atom is -0.458 e. The van der Waals surface area contributed by atoms with Gasteiger partial charge in [0.2, 0.25) is 0 Å². The SMILES string of the molecule is C=CCOC(=O)c1c(C)nc2c(c1-c1ccc(C#N)cc1)c(=O)n(C)c(=O)n2C. The van der Waals surface area contributed by atoms with Crippen LogP contribution in [-0.2, 0) is 18.8 Å². The number of aryl methyl sites for hydroxylation is 2. The number of pyridine rings is 1. The number of nitrogens with zero attached hydrogens (tertiary/aromatic N) is 4. The second-order valence-electron chi connectivity index (χ2n) is 6.43. The van der Waals surface area contributed by atoms with Crippen molar-refractivity contribution in [1.29, 1.82) is 5.26 Å². The molecule has 8 heteroatoms. The first kappa shape index (κ1) is 19.8. The first-order valence-electron chi connectivity index (χ1n) is 8.70. The van der Waals surface area contributed by atoms with Crippen molar-refractivity contribution in [3.8, 4) is 17.2 Å². The van der Waals surface area contributed by atoms with Crippen molar-refractivity contribution in [3.05, 3.63) is 74.6 Å². The molecule has 0 fully saturated rings. The summed E-state index contributed by atoms with van der Waals surface area (Å²) in [6.45, 7) is 5.14. The normalized spacial score (nSPS) is 10.6. The van der Waals surface area contributed by atoms with Crippen molar-refractivity contribution in [2.24, 2.45) is 14.1 Å². The molecule has 8 nitrogen and oxygen atoms in total. The van der Waals surface area contributed by atoms with Crippen LogP contribution in [-0.4, -0.2) is 26.7 Å².